The second kappa shape index (κ2) is 6.00. The lowest BCUT2D eigenvalue weighted by atomic mass is 9.98. The number of nitrogens with zero attached hydrogens (tertiary/aromatic N) is 2. The van der Waals surface area contributed by atoms with Crippen LogP contribution in [0, 0.1) is 0 Å². The third-order valence-corrected chi connectivity index (χ3v) is 3.51. The normalized spacial score (nSPS) is 21.1. The molecule has 0 aliphatic carbocycles. The largest absolute Gasteiger partial charge is 0.476 e. The zero-order valence-corrected chi connectivity index (χ0v) is 10.8. The van der Waals surface area contributed by atoms with Gasteiger partial charge in [0.2, 0.25) is 0 Å². The van der Waals surface area contributed by atoms with E-state index >= 15 is 0 Å². The molecule has 5 heteroatoms. The summed E-state index contributed by atoms with van der Waals surface area (Å²) in [5.74, 6) is -0.385. The number of carboxylic acid groups (broad SMARTS) is 1. The molecule has 1 fully saturated rings. The van der Waals surface area contributed by atoms with E-state index in [-0.39, 0.29) is 5.69 Å². The van der Waals surface area contributed by atoms with E-state index in [1.165, 1.54) is 38.2 Å². The Morgan fingerprint density at radius 2 is 2.44 bits per heavy atom. The fourth-order valence-electron chi connectivity index (χ4n) is 2.62. The third kappa shape index (κ3) is 3.10. The van der Waals surface area contributed by atoms with Crippen molar-refractivity contribution < 1.29 is 14.4 Å². The van der Waals surface area contributed by atoms with Crippen molar-refractivity contribution in [2.75, 3.05) is 6.54 Å². The van der Waals surface area contributed by atoms with Crippen LogP contribution in [0.5, 0.6) is 0 Å². The van der Waals surface area contributed by atoms with E-state index < -0.39 is 5.97 Å². The summed E-state index contributed by atoms with van der Waals surface area (Å²) in [7, 11) is 0. The number of hydrogen-bond donors (Lipinski definition) is 1. The lowest BCUT2D eigenvalue weighted by molar-refractivity contribution is 0.0685. The van der Waals surface area contributed by atoms with Gasteiger partial charge in [0.1, 0.15) is 0 Å². The van der Waals surface area contributed by atoms with Crippen molar-refractivity contribution in [2.24, 2.45) is 0 Å². The molecule has 5 nitrogen and oxygen atoms in total. The van der Waals surface area contributed by atoms with E-state index in [9.17, 15) is 4.79 Å². The van der Waals surface area contributed by atoms with Crippen LogP contribution >= 0.6 is 0 Å². The van der Waals surface area contributed by atoms with Crippen LogP contribution in [0.3, 0.4) is 0 Å². The van der Waals surface area contributed by atoms with Crippen LogP contribution in [0.4, 0.5) is 0 Å². The average Bonchev–Trinajstić information content (AvgIpc) is 2.81. The summed E-state index contributed by atoms with van der Waals surface area (Å²) in [4.78, 5) is 13.1. The molecule has 0 amide bonds. The van der Waals surface area contributed by atoms with Crippen LogP contribution in [0.2, 0.25) is 0 Å². The minimum Gasteiger partial charge on any atom is -0.476 e. The number of likely N-dealkylation sites (tertiary alicyclic amines) is 1. The van der Waals surface area contributed by atoms with E-state index in [0.29, 0.717) is 18.3 Å². The molecule has 0 aromatic carbocycles. The Hall–Kier alpha value is -1.36. The van der Waals surface area contributed by atoms with Crippen molar-refractivity contribution >= 4 is 5.97 Å². The van der Waals surface area contributed by atoms with Crippen LogP contribution in [0.15, 0.2) is 10.6 Å². The fourth-order valence-corrected chi connectivity index (χ4v) is 2.62. The molecule has 1 unspecified atom stereocenters. The molecule has 1 aliphatic rings. The van der Waals surface area contributed by atoms with Crippen molar-refractivity contribution in [3.05, 3.63) is 17.5 Å². The number of carboxylic acids is 1. The Morgan fingerprint density at radius 3 is 3.11 bits per heavy atom. The van der Waals surface area contributed by atoms with Gasteiger partial charge in [-0.2, -0.15) is 0 Å². The van der Waals surface area contributed by atoms with Crippen LogP contribution in [-0.2, 0) is 6.54 Å². The van der Waals surface area contributed by atoms with Gasteiger partial charge in [0.25, 0.3) is 0 Å². The number of hydrogen-bond acceptors (Lipinski definition) is 4. The first-order valence-electron chi connectivity index (χ1n) is 6.63. The molecule has 1 atom stereocenters. The molecule has 1 aromatic rings. The lowest BCUT2D eigenvalue weighted by Gasteiger charge is -2.34. The number of rotatable bonds is 5. The standard InChI is InChI=1S/C13H20N2O3/c1-2-5-10-6-3-4-7-15(10)9-11-8-12(13(16)17)14-18-11/h8,10H,2-7,9H2,1H3,(H,16,17). The highest BCUT2D eigenvalue weighted by molar-refractivity contribution is 5.85. The SMILES string of the molecule is CCCC1CCCCN1Cc1cc(C(=O)O)no1. The Morgan fingerprint density at radius 1 is 1.61 bits per heavy atom. The second-order valence-corrected chi connectivity index (χ2v) is 4.89. The second-order valence-electron chi connectivity index (χ2n) is 4.89. The molecule has 18 heavy (non-hydrogen) atoms. The molecule has 0 saturated carbocycles. The van der Waals surface area contributed by atoms with Gasteiger partial charge in [-0.3, -0.25) is 4.90 Å². The van der Waals surface area contributed by atoms with E-state index in [1.54, 1.807) is 0 Å². The van der Waals surface area contributed by atoms with Gasteiger partial charge in [-0.05, 0) is 25.8 Å². The van der Waals surface area contributed by atoms with Crippen LogP contribution in [0.25, 0.3) is 0 Å². The Labute approximate surface area is 107 Å². The fraction of sp³-hybridized carbons (Fsp3) is 0.692. The van der Waals surface area contributed by atoms with Crippen molar-refractivity contribution in [1.82, 2.24) is 10.1 Å². The molecule has 1 aliphatic heterocycles. The highest BCUT2D eigenvalue weighted by atomic mass is 16.5. The van der Waals surface area contributed by atoms with E-state index in [1.807, 2.05) is 0 Å². The van der Waals surface area contributed by atoms with E-state index in [2.05, 4.69) is 17.0 Å². The molecule has 100 valence electrons. The maximum Gasteiger partial charge on any atom is 0.358 e. The first-order valence-corrected chi connectivity index (χ1v) is 6.63. The number of aromatic carboxylic acids is 1. The van der Waals surface area contributed by atoms with Gasteiger partial charge in [0.15, 0.2) is 11.5 Å². The van der Waals surface area contributed by atoms with Crippen molar-refractivity contribution in [1.29, 1.82) is 0 Å². The molecule has 2 rings (SSSR count). The van der Waals surface area contributed by atoms with Crippen LogP contribution in [-0.4, -0.2) is 33.7 Å². The topological polar surface area (TPSA) is 66.6 Å². The zero-order chi connectivity index (χ0) is 13.0. The Kier molecular flexibility index (Phi) is 4.36. The quantitative estimate of drug-likeness (QED) is 0.872. The summed E-state index contributed by atoms with van der Waals surface area (Å²) >= 11 is 0. The Bertz CT molecular complexity index is 401. The van der Waals surface area contributed by atoms with Gasteiger partial charge in [-0.1, -0.05) is 24.9 Å². The van der Waals surface area contributed by atoms with Gasteiger partial charge in [-0.15, -0.1) is 0 Å². The van der Waals surface area contributed by atoms with E-state index in [4.69, 9.17) is 9.63 Å². The maximum absolute atomic E-state index is 10.7. The van der Waals surface area contributed by atoms with Crippen LogP contribution in [0.1, 0.15) is 55.3 Å². The van der Waals surface area contributed by atoms with Crippen molar-refractivity contribution in [3.8, 4) is 0 Å². The summed E-state index contributed by atoms with van der Waals surface area (Å²) in [5.41, 5.74) is -0.00551. The molecule has 0 radical (unpaired) electrons. The minimum atomic E-state index is -1.03. The van der Waals surface area contributed by atoms with Crippen LogP contribution < -0.4 is 0 Å². The Balaban J connectivity index is 1.99. The highest BCUT2D eigenvalue weighted by Gasteiger charge is 2.23. The molecule has 1 N–H and O–H groups in total. The van der Waals surface area contributed by atoms with Gasteiger partial charge in [0, 0.05) is 12.1 Å². The first kappa shape index (κ1) is 13.1. The molecular formula is C13H20N2O3. The summed E-state index contributed by atoms with van der Waals surface area (Å²) in [6.45, 7) is 3.93. The molecule has 0 bridgehead atoms. The molecule has 1 aromatic heterocycles. The van der Waals surface area contributed by atoms with Gasteiger partial charge in [-0.25, -0.2) is 4.79 Å². The zero-order valence-electron chi connectivity index (χ0n) is 10.8. The lowest BCUT2D eigenvalue weighted by Crippen LogP contribution is -2.38. The average molecular weight is 252 g/mol. The first-order chi connectivity index (χ1) is 8.70. The van der Waals surface area contributed by atoms with E-state index in [0.717, 1.165) is 6.54 Å². The molecule has 2 heterocycles. The monoisotopic (exact) mass is 252 g/mol. The summed E-state index contributed by atoms with van der Waals surface area (Å²) in [5, 5.41) is 12.4. The number of piperidine rings is 1. The van der Waals surface area contributed by atoms with Crippen molar-refractivity contribution in [3.63, 3.8) is 0 Å². The number of carbonyl (C=O) groups is 1. The summed E-state index contributed by atoms with van der Waals surface area (Å²) in [6.07, 6.45) is 6.10. The summed E-state index contributed by atoms with van der Waals surface area (Å²) < 4.78 is 5.08. The molecular weight excluding hydrogens is 232 g/mol. The van der Waals surface area contributed by atoms with Gasteiger partial charge < -0.3 is 9.63 Å². The van der Waals surface area contributed by atoms with Gasteiger partial charge in [0.05, 0.1) is 6.54 Å². The highest BCUT2D eigenvalue weighted by Crippen LogP contribution is 2.23. The number of aromatic nitrogens is 1. The van der Waals surface area contributed by atoms with Crippen molar-refractivity contribution in [2.45, 2.75) is 51.6 Å². The third-order valence-electron chi connectivity index (χ3n) is 3.51. The summed E-state index contributed by atoms with van der Waals surface area (Å²) in [6, 6.07) is 2.13. The maximum atomic E-state index is 10.7. The predicted octanol–water partition coefficient (Wildman–Crippen LogP) is 2.53. The van der Waals surface area contributed by atoms with Gasteiger partial charge >= 0.3 is 5.97 Å². The molecule has 0 spiro atoms. The minimum absolute atomic E-state index is 0.00551. The predicted molar refractivity (Wildman–Crippen MR) is 66.4 cm³/mol. The smallest absolute Gasteiger partial charge is 0.358 e. The molecule has 1 saturated heterocycles.